The summed E-state index contributed by atoms with van der Waals surface area (Å²) < 4.78 is 36.4. The van der Waals surface area contributed by atoms with Crippen LogP contribution in [0.15, 0.2) is 47.4 Å². The van der Waals surface area contributed by atoms with Crippen LogP contribution in [0.5, 0.6) is 0 Å². The molecule has 0 bridgehead atoms. The minimum atomic E-state index is -3.70. The van der Waals surface area contributed by atoms with Gasteiger partial charge in [0.25, 0.3) is 0 Å². The van der Waals surface area contributed by atoms with Gasteiger partial charge in [-0.25, -0.2) is 22.3 Å². The Bertz CT molecular complexity index is 1080. The summed E-state index contributed by atoms with van der Waals surface area (Å²) in [7, 11) is 0.474. The maximum Gasteiger partial charge on any atom is 0.340 e. The van der Waals surface area contributed by atoms with Gasteiger partial charge in [0.1, 0.15) is 6.61 Å². The van der Waals surface area contributed by atoms with E-state index in [-0.39, 0.29) is 17.1 Å². The van der Waals surface area contributed by atoms with Gasteiger partial charge in [0.2, 0.25) is 10.0 Å². The third kappa shape index (κ3) is 5.05. The van der Waals surface area contributed by atoms with E-state index in [4.69, 9.17) is 9.47 Å². The molecule has 166 valence electrons. The molecule has 8 nitrogen and oxygen atoms in total. The number of rotatable bonds is 7. The molecule has 1 fully saturated rings. The van der Waals surface area contributed by atoms with Gasteiger partial charge < -0.3 is 14.4 Å². The van der Waals surface area contributed by atoms with Crippen molar-refractivity contribution in [3.63, 3.8) is 0 Å². The number of methoxy groups -OCH3 is 1. The number of hydrogen-bond donors (Lipinski definition) is 0. The summed E-state index contributed by atoms with van der Waals surface area (Å²) in [5.41, 5.74) is 1.83. The normalized spacial score (nSPS) is 14.0. The minimum Gasteiger partial charge on any atom is -0.465 e. The number of hydrogen-bond acceptors (Lipinski definition) is 7. The first-order valence-corrected chi connectivity index (χ1v) is 11.3. The molecule has 31 heavy (non-hydrogen) atoms. The zero-order chi connectivity index (χ0) is 22.6. The predicted octanol–water partition coefficient (Wildman–Crippen LogP) is 2.68. The number of anilines is 1. The van der Waals surface area contributed by atoms with E-state index in [0.717, 1.165) is 30.2 Å². The SMILES string of the molecule is COC(=O)c1cccc(COC(=O)c2cc(S(=O)(=O)N(C)C)ccc2N2CCCC2)c1. The van der Waals surface area contributed by atoms with Crippen molar-refractivity contribution in [3.05, 3.63) is 59.2 Å². The van der Waals surface area contributed by atoms with Gasteiger partial charge in [-0.1, -0.05) is 12.1 Å². The molecule has 0 aromatic heterocycles. The zero-order valence-corrected chi connectivity index (χ0v) is 18.6. The highest BCUT2D eigenvalue weighted by atomic mass is 32.2. The van der Waals surface area contributed by atoms with Crippen LogP contribution < -0.4 is 4.90 Å². The van der Waals surface area contributed by atoms with E-state index in [2.05, 4.69) is 4.90 Å². The largest absolute Gasteiger partial charge is 0.465 e. The molecule has 1 aliphatic rings. The summed E-state index contributed by atoms with van der Waals surface area (Å²) >= 11 is 0. The molecule has 0 spiro atoms. The molecule has 0 N–H and O–H groups in total. The Labute approximate surface area is 182 Å². The number of ether oxygens (including phenoxy) is 2. The van der Waals surface area contributed by atoms with Gasteiger partial charge in [0.05, 0.1) is 28.8 Å². The Morgan fingerprint density at radius 1 is 1.03 bits per heavy atom. The lowest BCUT2D eigenvalue weighted by atomic mass is 10.1. The number of nitrogens with zero attached hydrogens (tertiary/aromatic N) is 2. The van der Waals surface area contributed by atoms with Crippen molar-refractivity contribution in [2.45, 2.75) is 24.3 Å². The highest BCUT2D eigenvalue weighted by molar-refractivity contribution is 7.89. The fourth-order valence-electron chi connectivity index (χ4n) is 3.42. The first kappa shape index (κ1) is 22.8. The number of esters is 2. The lowest BCUT2D eigenvalue weighted by Crippen LogP contribution is -2.24. The molecule has 0 unspecified atom stereocenters. The summed E-state index contributed by atoms with van der Waals surface area (Å²) in [5, 5.41) is 0. The van der Waals surface area contributed by atoms with E-state index in [0.29, 0.717) is 16.8 Å². The monoisotopic (exact) mass is 446 g/mol. The molecule has 0 radical (unpaired) electrons. The third-order valence-electron chi connectivity index (χ3n) is 5.13. The first-order valence-electron chi connectivity index (χ1n) is 9.90. The molecule has 0 saturated carbocycles. The van der Waals surface area contributed by atoms with Crippen molar-refractivity contribution >= 4 is 27.6 Å². The maximum atomic E-state index is 13.0. The third-order valence-corrected chi connectivity index (χ3v) is 6.94. The van der Waals surface area contributed by atoms with Crippen LogP contribution in [-0.4, -0.2) is 59.0 Å². The summed E-state index contributed by atoms with van der Waals surface area (Å²) in [4.78, 5) is 26.8. The summed E-state index contributed by atoms with van der Waals surface area (Å²) in [6.07, 6.45) is 2.01. The Morgan fingerprint density at radius 3 is 2.39 bits per heavy atom. The average molecular weight is 447 g/mol. The molecule has 9 heteroatoms. The highest BCUT2D eigenvalue weighted by Gasteiger charge is 2.25. The molecule has 1 saturated heterocycles. The fraction of sp³-hybridized carbons (Fsp3) is 0.364. The van der Waals surface area contributed by atoms with Crippen molar-refractivity contribution in [1.82, 2.24) is 4.31 Å². The Kier molecular flexibility index (Phi) is 6.97. The van der Waals surface area contributed by atoms with Crippen LogP contribution >= 0.6 is 0 Å². The lowest BCUT2D eigenvalue weighted by molar-refractivity contribution is 0.0473. The molecule has 2 aromatic rings. The van der Waals surface area contributed by atoms with E-state index < -0.39 is 22.0 Å². The Hall–Kier alpha value is -2.91. The molecule has 3 rings (SSSR count). The smallest absolute Gasteiger partial charge is 0.340 e. The van der Waals surface area contributed by atoms with Crippen molar-refractivity contribution in [1.29, 1.82) is 0 Å². The second-order valence-electron chi connectivity index (χ2n) is 7.43. The van der Waals surface area contributed by atoms with Gasteiger partial charge in [-0.15, -0.1) is 0 Å². The molecule has 2 aromatic carbocycles. The molecule has 0 amide bonds. The summed E-state index contributed by atoms with van der Waals surface area (Å²) in [6.45, 7) is 1.52. The van der Waals surface area contributed by atoms with Gasteiger partial charge in [-0.05, 0) is 48.7 Å². The quantitative estimate of drug-likeness (QED) is 0.604. The predicted molar refractivity (Wildman–Crippen MR) is 116 cm³/mol. The van der Waals surface area contributed by atoms with E-state index in [9.17, 15) is 18.0 Å². The summed E-state index contributed by atoms with van der Waals surface area (Å²) in [5.74, 6) is -1.10. The lowest BCUT2D eigenvalue weighted by Gasteiger charge is -2.22. The second kappa shape index (κ2) is 9.49. The van der Waals surface area contributed by atoms with E-state index in [1.807, 2.05) is 0 Å². The Balaban J connectivity index is 1.88. The van der Waals surface area contributed by atoms with Gasteiger partial charge in [-0.3, -0.25) is 0 Å². The van der Waals surface area contributed by atoms with Gasteiger partial charge in [0, 0.05) is 27.2 Å². The fourth-order valence-corrected chi connectivity index (χ4v) is 4.34. The van der Waals surface area contributed by atoms with Crippen LogP contribution in [-0.2, 0) is 26.1 Å². The van der Waals surface area contributed by atoms with Crippen LogP contribution in [0.4, 0.5) is 5.69 Å². The van der Waals surface area contributed by atoms with Crippen molar-refractivity contribution in [2.24, 2.45) is 0 Å². The van der Waals surface area contributed by atoms with Crippen LogP contribution in [0.25, 0.3) is 0 Å². The molecule has 1 heterocycles. The van der Waals surface area contributed by atoms with E-state index in [1.165, 1.54) is 33.3 Å². The van der Waals surface area contributed by atoms with Crippen LogP contribution in [0.2, 0.25) is 0 Å². The number of carbonyl (C=O) groups excluding carboxylic acids is 2. The van der Waals surface area contributed by atoms with Gasteiger partial charge >= 0.3 is 11.9 Å². The minimum absolute atomic E-state index is 0.0279. The molecule has 0 atom stereocenters. The van der Waals surface area contributed by atoms with Gasteiger partial charge in [-0.2, -0.15) is 0 Å². The number of benzene rings is 2. The van der Waals surface area contributed by atoms with E-state index in [1.54, 1.807) is 30.3 Å². The first-order chi connectivity index (χ1) is 14.7. The molecular formula is C22H26N2O6S. The zero-order valence-electron chi connectivity index (χ0n) is 17.8. The van der Waals surface area contributed by atoms with Crippen LogP contribution in [0, 0.1) is 0 Å². The topological polar surface area (TPSA) is 93.2 Å². The van der Waals surface area contributed by atoms with Crippen LogP contribution in [0.3, 0.4) is 0 Å². The van der Waals surface area contributed by atoms with Crippen molar-refractivity contribution in [2.75, 3.05) is 39.2 Å². The standard InChI is InChI=1S/C22H26N2O6S/c1-23(2)31(27,28)18-9-10-20(24-11-4-5-12-24)19(14-18)22(26)30-15-16-7-6-8-17(13-16)21(25)29-3/h6-10,13-14H,4-5,11-12,15H2,1-3H3. The summed E-state index contributed by atoms with van der Waals surface area (Å²) in [6, 6.07) is 11.2. The molecule has 0 aliphatic carbocycles. The average Bonchev–Trinajstić information content (AvgIpc) is 3.31. The van der Waals surface area contributed by atoms with Gasteiger partial charge in [0.15, 0.2) is 0 Å². The maximum absolute atomic E-state index is 13.0. The molecule has 1 aliphatic heterocycles. The Morgan fingerprint density at radius 2 is 1.74 bits per heavy atom. The molecular weight excluding hydrogens is 420 g/mol. The van der Waals surface area contributed by atoms with Crippen molar-refractivity contribution in [3.8, 4) is 0 Å². The van der Waals surface area contributed by atoms with Crippen LogP contribution in [0.1, 0.15) is 39.1 Å². The van der Waals surface area contributed by atoms with Crippen molar-refractivity contribution < 1.29 is 27.5 Å². The second-order valence-corrected chi connectivity index (χ2v) is 9.58. The number of carbonyl (C=O) groups is 2. The van der Waals surface area contributed by atoms with E-state index >= 15 is 0 Å². The highest BCUT2D eigenvalue weighted by Crippen LogP contribution is 2.29. The number of sulfonamides is 1.